The van der Waals surface area contributed by atoms with Crippen molar-refractivity contribution in [2.24, 2.45) is 10.8 Å². The second kappa shape index (κ2) is 3.73. The predicted molar refractivity (Wildman–Crippen MR) is 63.0 cm³/mol. The first-order chi connectivity index (χ1) is 7.76. The fourth-order valence-electron chi connectivity index (χ4n) is 2.33. The zero-order chi connectivity index (χ0) is 12.8. The third kappa shape index (κ3) is 1.94. The van der Waals surface area contributed by atoms with Crippen LogP contribution in [0.1, 0.15) is 39.5 Å². The number of aliphatic carboxylic acids is 1. The number of carbonyl (C=O) groups is 1. The lowest BCUT2D eigenvalue weighted by molar-refractivity contribution is -0.133. The molecule has 0 unspecified atom stereocenters. The molecule has 2 rings (SSSR count). The van der Waals surface area contributed by atoms with Gasteiger partial charge in [0.15, 0.2) is 0 Å². The Morgan fingerprint density at radius 1 is 1.35 bits per heavy atom. The molecule has 6 heteroatoms. The lowest BCUT2D eigenvalue weighted by Gasteiger charge is -2.03. The molecular formula is C11H16N2O3S. The first-order valence-corrected chi connectivity index (χ1v) is 6.43. The average Bonchev–Trinajstić information content (AvgIpc) is 2.55. The topological polar surface area (TPSA) is 76.2 Å². The summed E-state index contributed by atoms with van der Waals surface area (Å²) in [5.41, 5.74) is 0.294. The van der Waals surface area contributed by atoms with Crippen LogP contribution in [0.25, 0.3) is 0 Å². The molecule has 94 valence electrons. The number of carboxylic acids is 1. The minimum absolute atomic E-state index is 0.0565. The molecule has 0 aliphatic heterocycles. The molecule has 1 N–H and O–H groups in total. The van der Waals surface area contributed by atoms with Gasteiger partial charge in [-0.1, -0.05) is 39.5 Å². The van der Waals surface area contributed by atoms with Gasteiger partial charge in [-0.05, 0) is 10.8 Å². The first kappa shape index (κ1) is 12.4. The molecule has 1 aliphatic carbocycles. The Morgan fingerprint density at radius 3 is 2.41 bits per heavy atom. The molecule has 1 aliphatic rings. The molecule has 0 spiro atoms. The van der Waals surface area contributed by atoms with Crippen molar-refractivity contribution in [3.8, 4) is 0 Å². The van der Waals surface area contributed by atoms with Gasteiger partial charge in [-0.2, -0.15) is 0 Å². The molecular weight excluding hydrogens is 240 g/mol. The van der Waals surface area contributed by atoms with E-state index in [0.29, 0.717) is 11.1 Å². The van der Waals surface area contributed by atoms with Gasteiger partial charge >= 0.3 is 5.97 Å². The van der Waals surface area contributed by atoms with E-state index in [1.54, 1.807) is 0 Å². The summed E-state index contributed by atoms with van der Waals surface area (Å²) >= 11 is 1.06. The van der Waals surface area contributed by atoms with Gasteiger partial charge < -0.3 is 9.52 Å². The Balaban J connectivity index is 2.08. The summed E-state index contributed by atoms with van der Waals surface area (Å²) in [4.78, 5) is 10.4. The minimum atomic E-state index is -0.887. The SMILES string of the molecule is CC1(C)C(c2nnc(SCC(=O)O)o2)C1(C)C. The first-order valence-electron chi connectivity index (χ1n) is 5.45. The number of thioether (sulfide) groups is 1. The normalized spacial score (nSPS) is 21.4. The third-order valence-electron chi connectivity index (χ3n) is 4.01. The molecule has 0 atom stereocenters. The van der Waals surface area contributed by atoms with Gasteiger partial charge in [0.2, 0.25) is 5.89 Å². The highest BCUT2D eigenvalue weighted by molar-refractivity contribution is 7.99. The molecule has 1 aromatic heterocycles. The average molecular weight is 256 g/mol. The summed E-state index contributed by atoms with van der Waals surface area (Å²) in [5.74, 6) is -0.0737. The molecule has 0 aromatic carbocycles. The maximum atomic E-state index is 10.4. The van der Waals surface area contributed by atoms with Crippen LogP contribution < -0.4 is 0 Å². The van der Waals surface area contributed by atoms with Gasteiger partial charge in [0.05, 0.1) is 0 Å². The summed E-state index contributed by atoms with van der Waals surface area (Å²) in [6.07, 6.45) is 0. The summed E-state index contributed by atoms with van der Waals surface area (Å²) in [5, 5.41) is 16.8. The maximum Gasteiger partial charge on any atom is 0.314 e. The standard InChI is InChI=1S/C11H16N2O3S/c1-10(2)7(11(10,3)4)8-12-13-9(16-8)17-5-6(14)15/h7H,5H2,1-4H3,(H,14,15). The molecule has 0 saturated heterocycles. The maximum absolute atomic E-state index is 10.4. The van der Waals surface area contributed by atoms with Crippen LogP contribution in [0.15, 0.2) is 9.64 Å². The molecule has 0 amide bonds. The van der Waals surface area contributed by atoms with Gasteiger partial charge in [-0.3, -0.25) is 4.79 Å². The van der Waals surface area contributed by atoms with E-state index >= 15 is 0 Å². The number of hydrogen-bond donors (Lipinski definition) is 1. The molecule has 0 bridgehead atoms. The van der Waals surface area contributed by atoms with E-state index in [9.17, 15) is 4.79 Å². The molecule has 5 nitrogen and oxygen atoms in total. The van der Waals surface area contributed by atoms with E-state index in [1.807, 2.05) is 0 Å². The van der Waals surface area contributed by atoms with Crippen LogP contribution in [-0.2, 0) is 4.79 Å². The number of nitrogens with zero attached hydrogens (tertiary/aromatic N) is 2. The number of aromatic nitrogens is 2. The number of carboxylic acid groups (broad SMARTS) is 1. The van der Waals surface area contributed by atoms with Gasteiger partial charge in [-0.15, -0.1) is 10.2 Å². The lowest BCUT2D eigenvalue weighted by atomic mass is 10.0. The Labute approximate surface area is 104 Å². The second-order valence-corrected chi connectivity index (χ2v) is 6.39. The summed E-state index contributed by atoms with van der Waals surface area (Å²) in [6, 6.07) is 0. The summed E-state index contributed by atoms with van der Waals surface area (Å²) in [6.45, 7) is 8.69. The Kier molecular flexibility index (Phi) is 2.72. The zero-order valence-corrected chi connectivity index (χ0v) is 11.2. The van der Waals surface area contributed by atoms with Gasteiger partial charge in [-0.25, -0.2) is 0 Å². The van der Waals surface area contributed by atoms with Crippen LogP contribution in [0, 0.1) is 10.8 Å². The lowest BCUT2D eigenvalue weighted by Crippen LogP contribution is -1.97. The highest BCUT2D eigenvalue weighted by Crippen LogP contribution is 2.73. The van der Waals surface area contributed by atoms with Crippen molar-refractivity contribution in [3.05, 3.63) is 5.89 Å². The predicted octanol–water partition coefficient (Wildman–Crippen LogP) is 2.40. The Morgan fingerprint density at radius 2 is 1.94 bits per heavy atom. The van der Waals surface area contributed by atoms with Gasteiger partial charge in [0.1, 0.15) is 5.75 Å². The van der Waals surface area contributed by atoms with Crippen molar-refractivity contribution >= 4 is 17.7 Å². The number of rotatable bonds is 4. The minimum Gasteiger partial charge on any atom is -0.481 e. The van der Waals surface area contributed by atoms with Crippen LogP contribution in [-0.4, -0.2) is 27.0 Å². The Hall–Kier alpha value is -1.04. The quantitative estimate of drug-likeness (QED) is 0.833. The van der Waals surface area contributed by atoms with Crippen LogP contribution in [0.5, 0.6) is 0 Å². The Bertz CT molecular complexity index is 439. The van der Waals surface area contributed by atoms with E-state index < -0.39 is 5.97 Å². The van der Waals surface area contributed by atoms with Crippen LogP contribution in [0.2, 0.25) is 0 Å². The smallest absolute Gasteiger partial charge is 0.314 e. The monoisotopic (exact) mass is 256 g/mol. The third-order valence-corrected chi connectivity index (χ3v) is 4.81. The van der Waals surface area contributed by atoms with E-state index in [1.165, 1.54) is 0 Å². The summed E-state index contributed by atoms with van der Waals surface area (Å²) in [7, 11) is 0. The van der Waals surface area contributed by atoms with Gasteiger partial charge in [0, 0.05) is 5.92 Å². The molecule has 0 radical (unpaired) electrons. The van der Waals surface area contributed by atoms with Crippen molar-refractivity contribution in [3.63, 3.8) is 0 Å². The van der Waals surface area contributed by atoms with E-state index in [-0.39, 0.29) is 22.5 Å². The number of hydrogen-bond acceptors (Lipinski definition) is 5. The van der Waals surface area contributed by atoms with Crippen molar-refractivity contribution < 1.29 is 14.3 Å². The molecule has 1 heterocycles. The van der Waals surface area contributed by atoms with Crippen LogP contribution >= 0.6 is 11.8 Å². The molecule has 1 aromatic rings. The van der Waals surface area contributed by atoms with Crippen molar-refractivity contribution in [2.75, 3.05) is 5.75 Å². The van der Waals surface area contributed by atoms with Crippen molar-refractivity contribution in [1.29, 1.82) is 0 Å². The highest BCUT2D eigenvalue weighted by atomic mass is 32.2. The zero-order valence-electron chi connectivity index (χ0n) is 10.4. The molecule has 17 heavy (non-hydrogen) atoms. The van der Waals surface area contributed by atoms with Crippen LogP contribution in [0.4, 0.5) is 0 Å². The van der Waals surface area contributed by atoms with Crippen molar-refractivity contribution in [1.82, 2.24) is 10.2 Å². The molecule has 1 saturated carbocycles. The largest absolute Gasteiger partial charge is 0.481 e. The van der Waals surface area contributed by atoms with Gasteiger partial charge in [0.25, 0.3) is 5.22 Å². The second-order valence-electron chi connectivity index (χ2n) is 5.47. The van der Waals surface area contributed by atoms with Crippen molar-refractivity contribution in [2.45, 2.75) is 38.8 Å². The fraction of sp³-hybridized carbons (Fsp3) is 0.727. The van der Waals surface area contributed by atoms with E-state index in [4.69, 9.17) is 9.52 Å². The highest BCUT2D eigenvalue weighted by Gasteiger charge is 2.67. The van der Waals surface area contributed by atoms with E-state index in [0.717, 1.165) is 11.8 Å². The van der Waals surface area contributed by atoms with Crippen LogP contribution in [0.3, 0.4) is 0 Å². The fourth-order valence-corrected chi connectivity index (χ4v) is 2.82. The summed E-state index contributed by atoms with van der Waals surface area (Å²) < 4.78 is 5.51. The van der Waals surface area contributed by atoms with E-state index in [2.05, 4.69) is 37.9 Å². The molecule has 1 fully saturated rings.